The number of fused-ring (bicyclic) bond motifs is 1. The lowest BCUT2D eigenvalue weighted by Crippen LogP contribution is -2.38. The van der Waals surface area contributed by atoms with E-state index in [0.29, 0.717) is 33.3 Å². The number of nitrogens with zero attached hydrogens (tertiary/aromatic N) is 2. The normalized spacial score (nSPS) is 14.2. The summed E-state index contributed by atoms with van der Waals surface area (Å²) in [5.41, 5.74) is 2.65. The van der Waals surface area contributed by atoms with Crippen LogP contribution in [-0.4, -0.2) is 44.5 Å². The van der Waals surface area contributed by atoms with Crippen molar-refractivity contribution in [3.8, 4) is 11.5 Å². The molecule has 0 spiro atoms. The quantitative estimate of drug-likeness (QED) is 0.583. The van der Waals surface area contributed by atoms with E-state index in [-0.39, 0.29) is 24.6 Å². The van der Waals surface area contributed by atoms with Crippen LogP contribution in [0.5, 0.6) is 0 Å². The third-order valence-electron chi connectivity index (χ3n) is 4.59. The molecule has 0 unspecified atom stereocenters. The van der Waals surface area contributed by atoms with E-state index in [2.05, 4.69) is 4.98 Å². The van der Waals surface area contributed by atoms with E-state index in [0.717, 1.165) is 0 Å². The third kappa shape index (κ3) is 3.62. The Morgan fingerprint density at radius 3 is 2.67 bits per heavy atom. The molecule has 4 rings (SSSR count). The van der Waals surface area contributed by atoms with Crippen molar-refractivity contribution in [2.24, 2.45) is 0 Å². The van der Waals surface area contributed by atoms with Crippen LogP contribution in [0.25, 0.3) is 22.6 Å². The minimum absolute atomic E-state index is 0.0531. The number of anilines is 1. The molecule has 0 radical (unpaired) electrons. The number of hydrogen-bond acceptors (Lipinski definition) is 8. The van der Waals surface area contributed by atoms with E-state index in [4.69, 9.17) is 30.2 Å². The van der Waals surface area contributed by atoms with Gasteiger partial charge < -0.3 is 23.5 Å². The van der Waals surface area contributed by atoms with Crippen LogP contribution in [0.1, 0.15) is 0 Å². The van der Waals surface area contributed by atoms with E-state index in [1.807, 2.05) is 6.07 Å². The first-order chi connectivity index (χ1) is 14.5. The zero-order valence-corrected chi connectivity index (χ0v) is 16.9. The van der Waals surface area contributed by atoms with Gasteiger partial charge in [-0.3, -0.25) is 0 Å². The molecule has 0 amide bonds. The molecule has 0 aliphatic carbocycles. The number of rotatable bonds is 4. The molecular formula is C21H17ClN2O6. The Morgan fingerprint density at radius 2 is 1.90 bits per heavy atom. The average molecular weight is 429 g/mol. The Balaban J connectivity index is 1.78. The fourth-order valence-electron chi connectivity index (χ4n) is 3.18. The van der Waals surface area contributed by atoms with Crippen LogP contribution in [0, 0.1) is 0 Å². The molecule has 9 heteroatoms. The zero-order valence-electron chi connectivity index (χ0n) is 16.2. The largest absolute Gasteiger partial charge is 0.466 e. The summed E-state index contributed by atoms with van der Waals surface area (Å²) in [6.45, 7) is -0.00324. The van der Waals surface area contributed by atoms with Crippen molar-refractivity contribution in [2.45, 2.75) is 0 Å². The van der Waals surface area contributed by atoms with Crippen molar-refractivity contribution in [3.63, 3.8) is 0 Å². The first-order valence-electron chi connectivity index (χ1n) is 8.93. The van der Waals surface area contributed by atoms with E-state index in [1.165, 1.54) is 14.2 Å². The molecule has 154 valence electrons. The molecule has 0 fully saturated rings. The molecule has 1 aliphatic heterocycles. The maximum absolute atomic E-state index is 12.5. The van der Waals surface area contributed by atoms with Gasteiger partial charge in [-0.15, -0.1) is 0 Å². The first kappa shape index (κ1) is 19.9. The predicted octanol–water partition coefficient (Wildman–Crippen LogP) is 3.54. The van der Waals surface area contributed by atoms with Crippen molar-refractivity contribution >= 4 is 40.3 Å². The van der Waals surface area contributed by atoms with E-state index in [1.54, 1.807) is 41.3 Å². The molecule has 1 aliphatic rings. The molecule has 0 bridgehead atoms. The number of hydrogen-bond donors (Lipinski definition) is 0. The van der Waals surface area contributed by atoms with Crippen LogP contribution in [0.2, 0.25) is 5.02 Å². The number of halogens is 1. The number of oxazole rings is 1. The molecule has 1 aromatic heterocycles. The average Bonchev–Trinajstić information content (AvgIpc) is 3.20. The highest BCUT2D eigenvalue weighted by molar-refractivity contribution is 6.31. The molecule has 0 saturated heterocycles. The Labute approximate surface area is 176 Å². The second-order valence-electron chi connectivity index (χ2n) is 6.40. The Kier molecular flexibility index (Phi) is 5.43. The van der Waals surface area contributed by atoms with Gasteiger partial charge in [-0.05, 0) is 36.4 Å². The summed E-state index contributed by atoms with van der Waals surface area (Å²) in [6, 6.07) is 12.3. The molecule has 2 aromatic carbocycles. The number of benzene rings is 2. The topological polar surface area (TPSA) is 91.1 Å². The van der Waals surface area contributed by atoms with Crippen molar-refractivity contribution in [2.75, 3.05) is 32.5 Å². The van der Waals surface area contributed by atoms with Crippen molar-refractivity contribution < 1.29 is 28.2 Å². The van der Waals surface area contributed by atoms with Crippen LogP contribution >= 0.6 is 11.6 Å². The molecule has 30 heavy (non-hydrogen) atoms. The SMILES string of the molecule is COC(=O)C1=C(C(=O)OC)N(c2cccc(-c3nc4cc(Cl)ccc4o3)c2)COC1. The number of methoxy groups -OCH3 is 2. The zero-order chi connectivity index (χ0) is 21.3. The monoisotopic (exact) mass is 428 g/mol. The molecule has 3 aromatic rings. The highest BCUT2D eigenvalue weighted by Crippen LogP contribution is 2.32. The van der Waals surface area contributed by atoms with Gasteiger partial charge >= 0.3 is 11.9 Å². The fourth-order valence-corrected chi connectivity index (χ4v) is 3.34. The molecule has 2 heterocycles. The third-order valence-corrected chi connectivity index (χ3v) is 4.82. The van der Waals surface area contributed by atoms with Crippen LogP contribution in [-0.2, 0) is 23.8 Å². The summed E-state index contributed by atoms with van der Waals surface area (Å²) in [4.78, 5) is 30.6. The maximum atomic E-state index is 12.5. The minimum atomic E-state index is -0.666. The van der Waals surface area contributed by atoms with Gasteiger partial charge in [-0.1, -0.05) is 17.7 Å². The number of carbonyl (C=O) groups excluding carboxylic acids is 2. The van der Waals surface area contributed by atoms with E-state index >= 15 is 0 Å². The van der Waals surface area contributed by atoms with Crippen LogP contribution in [0.3, 0.4) is 0 Å². The summed E-state index contributed by atoms with van der Waals surface area (Å²) < 4.78 is 21.0. The van der Waals surface area contributed by atoms with Crippen LogP contribution in [0.15, 0.2) is 58.2 Å². The number of aromatic nitrogens is 1. The Hall–Kier alpha value is -3.36. The molecule has 0 atom stereocenters. The van der Waals surface area contributed by atoms with Gasteiger partial charge in [0.2, 0.25) is 5.89 Å². The summed E-state index contributed by atoms with van der Waals surface area (Å²) in [6.07, 6.45) is 0. The molecule has 8 nitrogen and oxygen atoms in total. The molecule has 0 N–H and O–H groups in total. The lowest BCUT2D eigenvalue weighted by molar-refractivity contribution is -0.140. The maximum Gasteiger partial charge on any atom is 0.355 e. The number of esters is 2. The van der Waals surface area contributed by atoms with Crippen LogP contribution < -0.4 is 4.90 Å². The second-order valence-corrected chi connectivity index (χ2v) is 6.83. The van der Waals surface area contributed by atoms with Crippen molar-refractivity contribution in [1.82, 2.24) is 4.98 Å². The summed E-state index contributed by atoms with van der Waals surface area (Å²) in [5, 5.41) is 0.560. The van der Waals surface area contributed by atoms with Gasteiger partial charge in [0.25, 0.3) is 0 Å². The summed E-state index contributed by atoms with van der Waals surface area (Å²) in [7, 11) is 2.49. The molecule has 0 saturated carbocycles. The van der Waals surface area contributed by atoms with Gasteiger partial charge in [0.1, 0.15) is 17.9 Å². The van der Waals surface area contributed by atoms with Crippen molar-refractivity contribution in [3.05, 3.63) is 58.8 Å². The van der Waals surface area contributed by atoms with Gasteiger partial charge in [0.05, 0.1) is 26.4 Å². The Morgan fingerprint density at radius 1 is 1.10 bits per heavy atom. The smallest absolute Gasteiger partial charge is 0.355 e. The number of ether oxygens (including phenoxy) is 3. The summed E-state index contributed by atoms with van der Waals surface area (Å²) in [5.74, 6) is -0.934. The lowest BCUT2D eigenvalue weighted by atomic mass is 10.1. The Bertz CT molecular complexity index is 1170. The van der Waals surface area contributed by atoms with E-state index < -0.39 is 11.9 Å². The minimum Gasteiger partial charge on any atom is -0.466 e. The van der Waals surface area contributed by atoms with Gasteiger partial charge in [-0.2, -0.15) is 0 Å². The van der Waals surface area contributed by atoms with Crippen molar-refractivity contribution in [1.29, 1.82) is 0 Å². The summed E-state index contributed by atoms with van der Waals surface area (Å²) >= 11 is 6.02. The first-order valence-corrected chi connectivity index (χ1v) is 9.31. The van der Waals surface area contributed by atoms with Gasteiger partial charge in [-0.25, -0.2) is 14.6 Å². The lowest BCUT2D eigenvalue weighted by Gasteiger charge is -2.31. The standard InChI is InChI=1S/C21H17ClN2O6/c1-27-20(25)15-10-29-11-24(18(15)21(26)28-2)14-5-3-4-12(8-14)19-23-16-9-13(22)6-7-17(16)30-19/h3-9H,10-11H2,1-2H3. The second kappa shape index (κ2) is 8.17. The highest BCUT2D eigenvalue weighted by Gasteiger charge is 2.32. The fraction of sp³-hybridized carbons (Fsp3) is 0.190. The highest BCUT2D eigenvalue weighted by atomic mass is 35.5. The molecular weight excluding hydrogens is 412 g/mol. The number of carbonyl (C=O) groups is 2. The predicted molar refractivity (Wildman–Crippen MR) is 109 cm³/mol. The van der Waals surface area contributed by atoms with Gasteiger partial charge in [0.15, 0.2) is 5.58 Å². The van der Waals surface area contributed by atoms with Gasteiger partial charge in [0, 0.05) is 16.3 Å². The van der Waals surface area contributed by atoms with Crippen LogP contribution in [0.4, 0.5) is 5.69 Å². The van der Waals surface area contributed by atoms with E-state index in [9.17, 15) is 9.59 Å².